The van der Waals surface area contributed by atoms with Crippen LogP contribution in [0.5, 0.6) is 0 Å². The Hall–Kier alpha value is -0.190. The first-order valence-corrected chi connectivity index (χ1v) is 8.28. The number of halogens is 2. The Balaban J connectivity index is 1.80. The fourth-order valence-electron chi connectivity index (χ4n) is 3.78. The van der Waals surface area contributed by atoms with E-state index in [1.807, 2.05) is 0 Å². The molecule has 0 N–H and O–H groups in total. The van der Waals surface area contributed by atoms with Gasteiger partial charge >= 0.3 is 0 Å². The van der Waals surface area contributed by atoms with E-state index in [2.05, 4.69) is 56.2 Å². The highest BCUT2D eigenvalue weighted by Gasteiger charge is 2.71. The van der Waals surface area contributed by atoms with Crippen LogP contribution in [0.3, 0.4) is 0 Å². The second kappa shape index (κ2) is 3.92. The molecule has 1 heterocycles. The summed E-state index contributed by atoms with van der Waals surface area (Å²) < 4.78 is 6.12. The maximum Gasteiger partial charge on any atom is 0.188 e. The van der Waals surface area contributed by atoms with E-state index >= 15 is 0 Å². The Morgan fingerprint density at radius 1 is 1.37 bits per heavy atom. The lowest BCUT2D eigenvalue weighted by molar-refractivity contribution is -0.131. The number of epoxide rings is 1. The fourth-order valence-corrected chi connectivity index (χ4v) is 6.07. The lowest BCUT2D eigenvalue weighted by Crippen LogP contribution is -2.59. The molecule has 5 aliphatic rings. The number of rotatable bonds is 1. The minimum absolute atomic E-state index is 0.205. The van der Waals surface area contributed by atoms with Gasteiger partial charge in [-0.05, 0) is 29.8 Å². The molecule has 2 fully saturated rings. The maximum atomic E-state index is 12.8. The molecular formula is C15H14Br2O2. The van der Waals surface area contributed by atoms with Crippen LogP contribution in [-0.4, -0.2) is 22.3 Å². The molecule has 0 aromatic carbocycles. The molecule has 0 aromatic heterocycles. The number of alkyl halides is 1. The van der Waals surface area contributed by atoms with Gasteiger partial charge in [0.15, 0.2) is 11.4 Å². The molecule has 3 unspecified atom stereocenters. The zero-order valence-corrected chi connectivity index (χ0v) is 13.5. The Morgan fingerprint density at radius 3 is 2.79 bits per heavy atom. The summed E-state index contributed by atoms with van der Waals surface area (Å²) in [5.74, 6) is 0.696. The van der Waals surface area contributed by atoms with Crippen LogP contribution in [0, 0.1) is 11.8 Å². The summed E-state index contributed by atoms with van der Waals surface area (Å²) in [6.07, 6.45) is 11.7. The first-order chi connectivity index (χ1) is 9.08. The lowest BCUT2D eigenvalue weighted by Gasteiger charge is -2.49. The van der Waals surface area contributed by atoms with Gasteiger partial charge in [0.25, 0.3) is 0 Å². The van der Waals surface area contributed by atoms with Gasteiger partial charge in [0.2, 0.25) is 0 Å². The van der Waals surface area contributed by atoms with Crippen LogP contribution >= 0.6 is 31.9 Å². The molecule has 4 heteroatoms. The molecule has 4 aliphatic carbocycles. The Labute approximate surface area is 129 Å². The number of allylic oxidation sites excluding steroid dienone is 5. The van der Waals surface area contributed by atoms with Gasteiger partial charge in [-0.25, -0.2) is 0 Å². The number of Topliss-reactive ketones (excluding diaryl/α,β-unsaturated/α-hetero) is 1. The third kappa shape index (κ3) is 1.54. The highest BCUT2D eigenvalue weighted by atomic mass is 79.9. The van der Waals surface area contributed by atoms with E-state index in [1.54, 1.807) is 0 Å². The van der Waals surface area contributed by atoms with Crippen molar-refractivity contribution in [1.29, 1.82) is 0 Å². The highest BCUT2D eigenvalue weighted by molar-refractivity contribution is 9.12. The minimum atomic E-state index is -0.575. The summed E-state index contributed by atoms with van der Waals surface area (Å²) in [6.45, 7) is 0.582. The third-order valence-corrected chi connectivity index (χ3v) is 6.83. The van der Waals surface area contributed by atoms with E-state index in [-0.39, 0.29) is 17.6 Å². The topological polar surface area (TPSA) is 29.6 Å². The van der Waals surface area contributed by atoms with Crippen molar-refractivity contribution in [3.05, 3.63) is 34.4 Å². The molecule has 1 saturated heterocycles. The van der Waals surface area contributed by atoms with Gasteiger partial charge in [0.1, 0.15) is 4.32 Å². The van der Waals surface area contributed by atoms with Crippen LogP contribution in [0.25, 0.3) is 0 Å². The van der Waals surface area contributed by atoms with Crippen LogP contribution in [-0.2, 0) is 9.53 Å². The summed E-state index contributed by atoms with van der Waals surface area (Å²) in [4.78, 5) is 12.8. The van der Waals surface area contributed by atoms with E-state index in [9.17, 15) is 4.79 Å². The van der Waals surface area contributed by atoms with Crippen molar-refractivity contribution >= 4 is 37.6 Å². The largest absolute Gasteiger partial charge is 0.361 e. The van der Waals surface area contributed by atoms with Crippen molar-refractivity contribution in [2.75, 3.05) is 6.61 Å². The quantitative estimate of drug-likeness (QED) is 0.509. The van der Waals surface area contributed by atoms with Gasteiger partial charge in [-0.1, -0.05) is 55.7 Å². The lowest BCUT2D eigenvalue weighted by atomic mass is 9.60. The number of fused-ring (bicyclic) bond motifs is 1. The SMILES string of the molecule is O=C1C2(Br)C=C(Br)C(CC2C2=CC=CCC2)[C@@]12CO2. The van der Waals surface area contributed by atoms with Crippen molar-refractivity contribution in [3.63, 3.8) is 0 Å². The first-order valence-electron chi connectivity index (χ1n) is 6.69. The van der Waals surface area contributed by atoms with Crippen LogP contribution in [0.4, 0.5) is 0 Å². The molecule has 2 bridgehead atoms. The van der Waals surface area contributed by atoms with E-state index in [0.717, 1.165) is 23.7 Å². The molecule has 0 radical (unpaired) electrons. The van der Waals surface area contributed by atoms with Crippen LogP contribution < -0.4 is 0 Å². The predicted octanol–water partition coefficient (Wildman–Crippen LogP) is 3.66. The van der Waals surface area contributed by atoms with Crippen molar-refractivity contribution in [2.45, 2.75) is 29.2 Å². The van der Waals surface area contributed by atoms with E-state index in [0.29, 0.717) is 6.61 Å². The van der Waals surface area contributed by atoms with Crippen LogP contribution in [0.2, 0.25) is 0 Å². The molecule has 5 rings (SSSR count). The smallest absolute Gasteiger partial charge is 0.188 e. The summed E-state index contributed by atoms with van der Waals surface area (Å²) >= 11 is 7.40. The molecule has 19 heavy (non-hydrogen) atoms. The number of ketones is 1. The van der Waals surface area contributed by atoms with Crippen LogP contribution in [0.1, 0.15) is 19.3 Å². The molecule has 100 valence electrons. The monoisotopic (exact) mass is 384 g/mol. The molecule has 1 saturated carbocycles. The van der Waals surface area contributed by atoms with Gasteiger partial charge < -0.3 is 4.74 Å². The maximum absolute atomic E-state index is 12.8. The zero-order chi connectivity index (χ0) is 13.3. The number of carbonyl (C=O) groups is 1. The Kier molecular flexibility index (Phi) is 2.59. The summed E-state index contributed by atoms with van der Waals surface area (Å²) in [5, 5.41) is 0. The van der Waals surface area contributed by atoms with Crippen LogP contribution in [0.15, 0.2) is 34.4 Å². The normalized spacial score (nSPS) is 47.4. The molecule has 0 amide bonds. The van der Waals surface area contributed by atoms with Crippen molar-refractivity contribution in [2.24, 2.45) is 11.8 Å². The van der Waals surface area contributed by atoms with E-state index < -0.39 is 9.93 Å². The third-order valence-electron chi connectivity index (χ3n) is 4.90. The average Bonchev–Trinajstić information content (AvgIpc) is 3.18. The molecule has 0 aromatic rings. The first kappa shape index (κ1) is 12.5. The van der Waals surface area contributed by atoms with Gasteiger partial charge in [-0.3, -0.25) is 4.79 Å². The Morgan fingerprint density at radius 2 is 2.16 bits per heavy atom. The minimum Gasteiger partial charge on any atom is -0.361 e. The van der Waals surface area contributed by atoms with E-state index in [1.165, 1.54) is 5.57 Å². The number of carbonyl (C=O) groups excluding carboxylic acids is 1. The summed E-state index contributed by atoms with van der Waals surface area (Å²) in [5.41, 5.74) is 0.864. The van der Waals surface area contributed by atoms with Crippen molar-refractivity contribution < 1.29 is 9.53 Å². The van der Waals surface area contributed by atoms with Crippen molar-refractivity contribution in [1.82, 2.24) is 0 Å². The van der Waals surface area contributed by atoms with Crippen molar-refractivity contribution in [3.8, 4) is 0 Å². The second-order valence-corrected chi connectivity index (χ2v) is 8.08. The number of hydrogen-bond acceptors (Lipinski definition) is 2. The standard InChI is InChI=1S/C15H14Br2O2/c16-12-7-14(17)10(9-4-2-1-3-5-9)6-11(12)15(8-19-15)13(14)18/h1-2,4,7,10-11H,3,5-6,8H2/t10?,11?,14?,15-/m0/s1. The number of ether oxygens (including phenoxy) is 1. The molecular weight excluding hydrogens is 372 g/mol. The second-order valence-electron chi connectivity index (χ2n) is 5.85. The average molecular weight is 386 g/mol. The molecule has 1 spiro atoms. The van der Waals surface area contributed by atoms with Gasteiger partial charge in [-0.15, -0.1) is 0 Å². The predicted molar refractivity (Wildman–Crippen MR) is 80.4 cm³/mol. The van der Waals surface area contributed by atoms with E-state index in [4.69, 9.17) is 4.74 Å². The van der Waals surface area contributed by atoms with Gasteiger partial charge in [0, 0.05) is 11.8 Å². The zero-order valence-electron chi connectivity index (χ0n) is 10.4. The summed E-state index contributed by atoms with van der Waals surface area (Å²) in [7, 11) is 0. The molecule has 2 nitrogen and oxygen atoms in total. The van der Waals surface area contributed by atoms with Gasteiger partial charge in [0.05, 0.1) is 6.61 Å². The summed E-state index contributed by atoms with van der Waals surface area (Å²) in [6, 6.07) is 0. The number of hydrogen-bond donors (Lipinski definition) is 0. The van der Waals surface area contributed by atoms with Gasteiger partial charge in [-0.2, -0.15) is 0 Å². The Bertz CT molecular complexity index is 556. The highest BCUT2D eigenvalue weighted by Crippen LogP contribution is 2.62. The fraction of sp³-hybridized carbons (Fsp3) is 0.533. The molecule has 4 atom stereocenters. The molecule has 1 aliphatic heterocycles.